The van der Waals surface area contributed by atoms with Crippen molar-refractivity contribution < 1.29 is 0 Å². The number of hydrogen-bond acceptors (Lipinski definition) is 2. The van der Waals surface area contributed by atoms with Gasteiger partial charge in [-0.05, 0) is 62.0 Å². The average Bonchev–Trinajstić information content (AvgIpc) is 2.85. The standard InChI is InChI=1S/C12H18N2P2/c1-3-7-11-9(5-1)13-14(15-11)10-6-2-4-8-12(10)16-13/h15-16H,1-8H2. The Morgan fingerprint density at radius 2 is 1.06 bits per heavy atom. The van der Waals surface area contributed by atoms with E-state index in [1.165, 1.54) is 51.4 Å². The molecule has 2 atom stereocenters. The fourth-order valence-corrected chi connectivity index (χ4v) is 6.76. The summed E-state index contributed by atoms with van der Waals surface area (Å²) in [7, 11) is 1.94. The van der Waals surface area contributed by atoms with Gasteiger partial charge in [-0.25, -0.2) is 0 Å². The fourth-order valence-electron chi connectivity index (χ4n) is 3.22. The van der Waals surface area contributed by atoms with Crippen LogP contribution in [0.5, 0.6) is 0 Å². The van der Waals surface area contributed by atoms with Gasteiger partial charge in [-0.3, -0.25) is 9.56 Å². The second-order valence-corrected chi connectivity index (χ2v) is 7.61. The van der Waals surface area contributed by atoms with E-state index in [-0.39, 0.29) is 0 Å². The zero-order valence-corrected chi connectivity index (χ0v) is 11.6. The van der Waals surface area contributed by atoms with Crippen molar-refractivity contribution in [2.45, 2.75) is 51.4 Å². The molecule has 2 nitrogen and oxygen atoms in total. The van der Waals surface area contributed by atoms with E-state index >= 15 is 0 Å². The van der Waals surface area contributed by atoms with Gasteiger partial charge >= 0.3 is 0 Å². The minimum Gasteiger partial charge on any atom is -0.264 e. The Hall–Kier alpha value is -0.0600. The van der Waals surface area contributed by atoms with Crippen molar-refractivity contribution in [2.24, 2.45) is 0 Å². The van der Waals surface area contributed by atoms with Crippen molar-refractivity contribution >= 4 is 17.5 Å². The van der Waals surface area contributed by atoms with Crippen molar-refractivity contribution in [3.63, 3.8) is 0 Å². The summed E-state index contributed by atoms with van der Waals surface area (Å²) in [6.45, 7) is 0. The van der Waals surface area contributed by atoms with E-state index in [0.717, 1.165) is 17.5 Å². The van der Waals surface area contributed by atoms with Gasteiger partial charge in [0.2, 0.25) is 0 Å². The highest BCUT2D eigenvalue weighted by Crippen LogP contribution is 2.62. The van der Waals surface area contributed by atoms with Gasteiger partial charge in [0.05, 0.1) is 0 Å². The lowest BCUT2D eigenvalue weighted by Crippen LogP contribution is -2.21. The number of allylic oxidation sites excluding steroid dienone is 4. The number of fused-ring (bicyclic) bond motifs is 3. The molecule has 0 saturated carbocycles. The van der Waals surface area contributed by atoms with Crippen molar-refractivity contribution in [1.29, 1.82) is 0 Å². The third-order valence-corrected chi connectivity index (χ3v) is 7.25. The molecule has 0 aromatic rings. The predicted molar refractivity (Wildman–Crippen MR) is 71.3 cm³/mol. The van der Waals surface area contributed by atoms with Crippen LogP contribution < -0.4 is 0 Å². The van der Waals surface area contributed by atoms with Gasteiger partial charge in [0.1, 0.15) is 0 Å². The molecule has 0 N–H and O–H groups in total. The zero-order chi connectivity index (χ0) is 10.5. The topological polar surface area (TPSA) is 6.48 Å². The lowest BCUT2D eigenvalue weighted by molar-refractivity contribution is 0.293. The SMILES string of the molecule is C1CCC2=C(C1)PN1C3=C(CCCC3)PN21. The molecule has 0 radical (unpaired) electrons. The molecule has 0 bridgehead atoms. The second kappa shape index (κ2) is 3.72. The Morgan fingerprint density at radius 1 is 0.625 bits per heavy atom. The first-order valence-corrected chi connectivity index (χ1v) is 8.40. The zero-order valence-electron chi connectivity index (χ0n) is 9.55. The highest BCUT2D eigenvalue weighted by atomic mass is 31.1. The average molecular weight is 252 g/mol. The van der Waals surface area contributed by atoms with Crippen LogP contribution in [0.3, 0.4) is 0 Å². The van der Waals surface area contributed by atoms with Crippen LogP contribution >= 0.6 is 17.5 Å². The smallest absolute Gasteiger partial charge is 0.0444 e. The van der Waals surface area contributed by atoms with Crippen LogP contribution in [-0.2, 0) is 0 Å². The van der Waals surface area contributed by atoms with Gasteiger partial charge in [0.15, 0.2) is 0 Å². The lowest BCUT2D eigenvalue weighted by Gasteiger charge is -2.28. The molecule has 2 aliphatic heterocycles. The van der Waals surface area contributed by atoms with E-state index in [2.05, 4.69) is 9.56 Å². The molecule has 4 heteroatoms. The van der Waals surface area contributed by atoms with Crippen LogP contribution in [0.15, 0.2) is 22.0 Å². The monoisotopic (exact) mass is 252 g/mol. The number of hydrazine groups is 1. The van der Waals surface area contributed by atoms with Crippen LogP contribution in [-0.4, -0.2) is 9.56 Å². The molecule has 2 heterocycles. The van der Waals surface area contributed by atoms with Crippen molar-refractivity contribution in [3.05, 3.63) is 22.0 Å². The second-order valence-electron chi connectivity index (χ2n) is 5.11. The molecule has 0 spiro atoms. The quantitative estimate of drug-likeness (QED) is 0.593. The summed E-state index contributed by atoms with van der Waals surface area (Å²) in [4.78, 5) is 0. The minimum absolute atomic E-state index is 0.970. The van der Waals surface area contributed by atoms with Gasteiger partial charge in [-0.2, -0.15) is 0 Å². The first-order valence-electron chi connectivity index (χ1n) is 6.51. The van der Waals surface area contributed by atoms with Crippen LogP contribution in [0.4, 0.5) is 0 Å². The van der Waals surface area contributed by atoms with Gasteiger partial charge in [-0.15, -0.1) is 0 Å². The van der Waals surface area contributed by atoms with Crippen molar-refractivity contribution in [3.8, 4) is 0 Å². The molecule has 0 aromatic heterocycles. The summed E-state index contributed by atoms with van der Waals surface area (Å²) in [6, 6.07) is 0. The van der Waals surface area contributed by atoms with Crippen LogP contribution in [0.25, 0.3) is 0 Å². The molecule has 2 unspecified atom stereocenters. The van der Waals surface area contributed by atoms with Crippen molar-refractivity contribution in [2.75, 3.05) is 0 Å². The van der Waals surface area contributed by atoms with Crippen molar-refractivity contribution in [1.82, 2.24) is 9.56 Å². The maximum atomic E-state index is 2.66. The number of rotatable bonds is 0. The normalized spacial score (nSPS) is 31.5. The first-order chi connectivity index (χ1) is 7.93. The van der Waals surface area contributed by atoms with E-state index in [0.29, 0.717) is 0 Å². The highest BCUT2D eigenvalue weighted by Gasteiger charge is 2.39. The van der Waals surface area contributed by atoms with Crippen LogP contribution in [0.1, 0.15) is 51.4 Å². The maximum absolute atomic E-state index is 2.66. The first kappa shape index (κ1) is 9.92. The molecule has 0 saturated heterocycles. The number of nitrogens with zero attached hydrogens (tertiary/aromatic N) is 2. The third kappa shape index (κ3) is 1.33. The summed E-state index contributed by atoms with van der Waals surface area (Å²) in [6.07, 6.45) is 11.2. The minimum atomic E-state index is 0.970. The molecule has 16 heavy (non-hydrogen) atoms. The number of hydrogen-bond donors (Lipinski definition) is 0. The lowest BCUT2D eigenvalue weighted by atomic mass is 10.0. The van der Waals surface area contributed by atoms with E-state index in [1.54, 1.807) is 22.0 Å². The Morgan fingerprint density at radius 3 is 1.56 bits per heavy atom. The Balaban J connectivity index is 1.66. The third-order valence-electron chi connectivity index (χ3n) is 4.07. The van der Waals surface area contributed by atoms with Crippen LogP contribution in [0, 0.1) is 0 Å². The van der Waals surface area contributed by atoms with E-state index < -0.39 is 0 Å². The molecule has 86 valence electrons. The molecule has 0 amide bonds. The molecular formula is C12H18N2P2. The maximum Gasteiger partial charge on any atom is 0.0444 e. The van der Waals surface area contributed by atoms with Gasteiger partial charge in [-0.1, -0.05) is 0 Å². The van der Waals surface area contributed by atoms with E-state index in [4.69, 9.17) is 0 Å². The van der Waals surface area contributed by atoms with Gasteiger partial charge in [0.25, 0.3) is 0 Å². The summed E-state index contributed by atoms with van der Waals surface area (Å²) in [5, 5.41) is 3.58. The van der Waals surface area contributed by atoms with Gasteiger partial charge < -0.3 is 0 Å². The Bertz CT molecular complexity index is 362. The highest BCUT2D eigenvalue weighted by molar-refractivity contribution is 7.46. The molecular weight excluding hydrogens is 234 g/mol. The molecule has 2 aliphatic carbocycles. The predicted octanol–water partition coefficient (Wildman–Crippen LogP) is 4.29. The van der Waals surface area contributed by atoms with E-state index in [9.17, 15) is 0 Å². The van der Waals surface area contributed by atoms with Gasteiger partial charge in [0, 0.05) is 28.9 Å². The Kier molecular flexibility index (Phi) is 2.31. The molecule has 0 aromatic carbocycles. The fraction of sp³-hybridized carbons (Fsp3) is 0.667. The molecule has 4 aliphatic rings. The summed E-state index contributed by atoms with van der Waals surface area (Å²) in [5.74, 6) is 0. The van der Waals surface area contributed by atoms with Crippen LogP contribution in [0.2, 0.25) is 0 Å². The van der Waals surface area contributed by atoms with E-state index in [1.807, 2.05) is 0 Å². The summed E-state index contributed by atoms with van der Waals surface area (Å²) in [5.41, 5.74) is 3.44. The molecule has 0 fully saturated rings. The Labute approximate surface area is 101 Å². The largest absolute Gasteiger partial charge is 0.264 e. The summed E-state index contributed by atoms with van der Waals surface area (Å²) < 4.78 is 5.31. The molecule has 4 rings (SSSR count). The summed E-state index contributed by atoms with van der Waals surface area (Å²) >= 11 is 0.